The van der Waals surface area contributed by atoms with Crippen LogP contribution in [0.15, 0.2) is 18.2 Å². The van der Waals surface area contributed by atoms with Gasteiger partial charge in [-0.2, -0.15) is 0 Å². The number of carbonyl (C=O) groups excluding carboxylic acids is 1. The Balaban J connectivity index is 2.58. The molecule has 1 unspecified atom stereocenters. The second-order valence-electron chi connectivity index (χ2n) is 4.97. The fourth-order valence-electron chi connectivity index (χ4n) is 2.01. The molecule has 0 amide bonds. The standard InChI is InChI=1S/C16H23FO2/c1-4-5-6-7-8-12(2)19-16-10-9-14(17)11-15(16)13(3)18/h9-12H,4-8H2,1-3H3. The van der Waals surface area contributed by atoms with Crippen molar-refractivity contribution in [2.75, 3.05) is 0 Å². The van der Waals surface area contributed by atoms with E-state index in [2.05, 4.69) is 6.92 Å². The Kier molecular flexibility index (Phi) is 6.54. The molecule has 0 aliphatic carbocycles. The summed E-state index contributed by atoms with van der Waals surface area (Å²) in [7, 11) is 0. The molecule has 1 aromatic rings. The summed E-state index contributed by atoms with van der Waals surface area (Å²) >= 11 is 0. The van der Waals surface area contributed by atoms with E-state index in [4.69, 9.17) is 4.74 Å². The van der Waals surface area contributed by atoms with Gasteiger partial charge < -0.3 is 4.74 Å². The van der Waals surface area contributed by atoms with Crippen LogP contribution in [0.2, 0.25) is 0 Å². The van der Waals surface area contributed by atoms with Crippen LogP contribution in [-0.4, -0.2) is 11.9 Å². The minimum Gasteiger partial charge on any atom is -0.490 e. The maximum Gasteiger partial charge on any atom is 0.163 e. The van der Waals surface area contributed by atoms with Gasteiger partial charge in [0, 0.05) is 0 Å². The predicted molar refractivity (Wildman–Crippen MR) is 75.3 cm³/mol. The first-order valence-electron chi connectivity index (χ1n) is 7.01. The van der Waals surface area contributed by atoms with Gasteiger partial charge in [0.25, 0.3) is 0 Å². The SMILES string of the molecule is CCCCCCC(C)Oc1ccc(F)cc1C(C)=O. The van der Waals surface area contributed by atoms with Crippen molar-refractivity contribution in [1.82, 2.24) is 0 Å². The molecule has 106 valence electrons. The van der Waals surface area contributed by atoms with Gasteiger partial charge in [-0.1, -0.05) is 26.2 Å². The Bertz CT molecular complexity index is 415. The third kappa shape index (κ3) is 5.41. The maximum absolute atomic E-state index is 13.1. The smallest absolute Gasteiger partial charge is 0.163 e. The van der Waals surface area contributed by atoms with Gasteiger partial charge in [-0.25, -0.2) is 4.39 Å². The molecule has 1 aromatic carbocycles. The molecule has 1 rings (SSSR count). The molecule has 0 aromatic heterocycles. The van der Waals surface area contributed by atoms with Crippen molar-refractivity contribution in [3.8, 4) is 5.75 Å². The third-order valence-corrected chi connectivity index (χ3v) is 3.11. The van der Waals surface area contributed by atoms with E-state index in [0.717, 1.165) is 12.8 Å². The van der Waals surface area contributed by atoms with Crippen LogP contribution in [0.4, 0.5) is 4.39 Å². The summed E-state index contributed by atoms with van der Waals surface area (Å²) in [5.41, 5.74) is 0.320. The highest BCUT2D eigenvalue weighted by molar-refractivity contribution is 5.96. The largest absolute Gasteiger partial charge is 0.490 e. The first-order chi connectivity index (χ1) is 9.04. The molecule has 1 atom stereocenters. The number of ketones is 1. The molecule has 0 bridgehead atoms. The summed E-state index contributed by atoms with van der Waals surface area (Å²) in [6.45, 7) is 5.59. The zero-order valence-electron chi connectivity index (χ0n) is 12.0. The van der Waals surface area contributed by atoms with Gasteiger partial charge in [-0.3, -0.25) is 4.79 Å². The van der Waals surface area contributed by atoms with Gasteiger partial charge in [-0.05, 0) is 44.9 Å². The number of halogens is 1. The number of benzene rings is 1. The molecule has 2 nitrogen and oxygen atoms in total. The van der Waals surface area contributed by atoms with Crippen molar-refractivity contribution >= 4 is 5.78 Å². The molecule has 0 N–H and O–H groups in total. The second kappa shape index (κ2) is 7.93. The second-order valence-corrected chi connectivity index (χ2v) is 4.97. The fourth-order valence-corrected chi connectivity index (χ4v) is 2.01. The molecule has 0 radical (unpaired) electrons. The number of rotatable bonds is 8. The molecule has 0 aliphatic rings. The molecule has 0 spiro atoms. The number of unbranched alkanes of at least 4 members (excludes halogenated alkanes) is 3. The topological polar surface area (TPSA) is 26.3 Å². The molecule has 0 saturated heterocycles. The summed E-state index contributed by atoms with van der Waals surface area (Å²) < 4.78 is 18.9. The van der Waals surface area contributed by atoms with Crippen LogP contribution in [0.3, 0.4) is 0 Å². The third-order valence-electron chi connectivity index (χ3n) is 3.11. The molecular formula is C16H23FO2. The fraction of sp³-hybridized carbons (Fsp3) is 0.562. The van der Waals surface area contributed by atoms with Crippen molar-refractivity contribution in [2.45, 2.75) is 59.0 Å². The van der Waals surface area contributed by atoms with Crippen LogP contribution in [-0.2, 0) is 0 Å². The zero-order chi connectivity index (χ0) is 14.3. The monoisotopic (exact) mass is 266 g/mol. The zero-order valence-corrected chi connectivity index (χ0v) is 12.0. The number of carbonyl (C=O) groups is 1. The van der Waals surface area contributed by atoms with Crippen molar-refractivity contribution < 1.29 is 13.9 Å². The van der Waals surface area contributed by atoms with Crippen LogP contribution in [0.5, 0.6) is 5.75 Å². The van der Waals surface area contributed by atoms with E-state index in [0.29, 0.717) is 11.3 Å². The molecule has 0 saturated carbocycles. The lowest BCUT2D eigenvalue weighted by atomic mass is 10.1. The van der Waals surface area contributed by atoms with Crippen molar-refractivity contribution in [2.24, 2.45) is 0 Å². The molecule has 3 heteroatoms. The van der Waals surface area contributed by atoms with Crippen LogP contribution >= 0.6 is 0 Å². The van der Waals surface area contributed by atoms with Crippen molar-refractivity contribution in [3.63, 3.8) is 0 Å². The average molecular weight is 266 g/mol. The Hall–Kier alpha value is -1.38. The summed E-state index contributed by atoms with van der Waals surface area (Å²) in [5, 5.41) is 0. The predicted octanol–water partition coefficient (Wildman–Crippen LogP) is 4.77. The number of hydrogen-bond donors (Lipinski definition) is 0. The highest BCUT2D eigenvalue weighted by Gasteiger charge is 2.12. The molecule has 0 heterocycles. The summed E-state index contributed by atoms with van der Waals surface area (Å²) in [5.74, 6) is -0.0993. The van der Waals surface area contributed by atoms with Crippen molar-refractivity contribution in [1.29, 1.82) is 0 Å². The van der Waals surface area contributed by atoms with Gasteiger partial charge in [-0.15, -0.1) is 0 Å². The minimum absolute atomic E-state index is 0.0421. The Labute approximate surface area is 115 Å². The first kappa shape index (κ1) is 15.7. The quantitative estimate of drug-likeness (QED) is 0.500. The van der Waals surface area contributed by atoms with E-state index in [1.165, 1.54) is 44.4 Å². The van der Waals surface area contributed by atoms with Crippen molar-refractivity contribution in [3.05, 3.63) is 29.6 Å². The highest BCUT2D eigenvalue weighted by Crippen LogP contribution is 2.22. The van der Waals surface area contributed by atoms with Crippen LogP contribution in [0.25, 0.3) is 0 Å². The van der Waals surface area contributed by atoms with E-state index in [1.807, 2.05) is 6.92 Å². The molecular weight excluding hydrogens is 243 g/mol. The van der Waals surface area contributed by atoms with E-state index in [9.17, 15) is 9.18 Å². The normalized spacial score (nSPS) is 12.2. The van der Waals surface area contributed by atoms with E-state index in [1.54, 1.807) is 0 Å². The van der Waals surface area contributed by atoms with Crippen LogP contribution in [0, 0.1) is 5.82 Å². The Morgan fingerprint density at radius 2 is 2.05 bits per heavy atom. The summed E-state index contributed by atoms with van der Waals surface area (Å²) in [4.78, 5) is 11.5. The van der Waals surface area contributed by atoms with Crippen LogP contribution in [0.1, 0.15) is 63.2 Å². The maximum atomic E-state index is 13.1. The van der Waals surface area contributed by atoms with Crippen LogP contribution < -0.4 is 4.74 Å². The Morgan fingerprint density at radius 3 is 2.68 bits per heavy atom. The summed E-state index contributed by atoms with van der Waals surface area (Å²) in [6.07, 6.45) is 5.76. The number of Topliss-reactive ketones (excluding diaryl/α,β-unsaturated/α-hetero) is 1. The lowest BCUT2D eigenvalue weighted by molar-refractivity contribution is 0.101. The first-order valence-corrected chi connectivity index (χ1v) is 7.01. The van der Waals surface area contributed by atoms with Gasteiger partial charge in [0.2, 0.25) is 0 Å². The number of hydrogen-bond acceptors (Lipinski definition) is 2. The number of ether oxygens (including phenoxy) is 1. The average Bonchev–Trinajstić information content (AvgIpc) is 2.36. The van der Waals surface area contributed by atoms with Gasteiger partial charge in [0.1, 0.15) is 11.6 Å². The van der Waals surface area contributed by atoms with E-state index < -0.39 is 5.82 Å². The molecule has 0 aliphatic heterocycles. The Morgan fingerprint density at radius 1 is 1.32 bits per heavy atom. The van der Waals surface area contributed by atoms with Gasteiger partial charge >= 0.3 is 0 Å². The lowest BCUT2D eigenvalue weighted by Gasteiger charge is -2.16. The minimum atomic E-state index is -0.409. The lowest BCUT2D eigenvalue weighted by Crippen LogP contribution is -2.13. The summed E-state index contributed by atoms with van der Waals surface area (Å²) in [6, 6.07) is 4.10. The van der Waals surface area contributed by atoms with Gasteiger partial charge in [0.15, 0.2) is 5.78 Å². The molecule has 19 heavy (non-hydrogen) atoms. The van der Waals surface area contributed by atoms with E-state index in [-0.39, 0.29) is 11.9 Å². The van der Waals surface area contributed by atoms with E-state index >= 15 is 0 Å². The van der Waals surface area contributed by atoms with Gasteiger partial charge in [0.05, 0.1) is 11.7 Å². The highest BCUT2D eigenvalue weighted by atomic mass is 19.1. The molecule has 0 fully saturated rings.